The Kier molecular flexibility index (Phi) is 6.28. The first-order chi connectivity index (χ1) is 16.5. The molecular weight excluding hydrogens is 430 g/mol. The van der Waals surface area contributed by atoms with Gasteiger partial charge in [-0.05, 0) is 42.9 Å². The molecule has 2 aromatic rings. The number of benzene rings is 2. The fourth-order valence-corrected chi connectivity index (χ4v) is 5.45. The first-order valence-electron chi connectivity index (χ1n) is 12.1. The molecule has 5 rings (SSSR count). The predicted octanol–water partition coefficient (Wildman–Crippen LogP) is 2.98. The highest BCUT2D eigenvalue weighted by Crippen LogP contribution is 2.30. The standard InChI is InChI=1S/C27H29N3O4/c31-24-12-11-23(26(33)29-24)30-16-20-13-17(9-10-22(20)27(30)34)15-28-21-8-4-7-19(14-21)25(32)18-5-2-1-3-6-18/h1-3,5-6,9-10,13,19,21,23,28H,4,7-8,11-12,14-16H2,(H,29,31,33)/t19-,21+,23?/m0/s1. The number of carbonyl (C=O) groups excluding carboxylic acids is 4. The Morgan fingerprint density at radius 2 is 1.85 bits per heavy atom. The normalized spacial score (nSPS) is 24.6. The van der Waals surface area contributed by atoms with E-state index < -0.39 is 11.9 Å². The molecule has 0 aromatic heterocycles. The van der Waals surface area contributed by atoms with Gasteiger partial charge >= 0.3 is 0 Å². The molecule has 0 bridgehead atoms. The fourth-order valence-electron chi connectivity index (χ4n) is 5.45. The van der Waals surface area contributed by atoms with E-state index in [0.29, 0.717) is 25.1 Å². The van der Waals surface area contributed by atoms with E-state index >= 15 is 0 Å². The number of hydrogen-bond acceptors (Lipinski definition) is 5. The Morgan fingerprint density at radius 1 is 1.03 bits per heavy atom. The Balaban J connectivity index is 1.19. The molecule has 1 aliphatic carbocycles. The number of nitrogens with one attached hydrogen (secondary N) is 2. The molecule has 1 saturated carbocycles. The van der Waals surface area contributed by atoms with Crippen molar-refractivity contribution in [2.24, 2.45) is 5.92 Å². The maximum Gasteiger partial charge on any atom is 0.255 e. The second-order valence-corrected chi connectivity index (χ2v) is 9.56. The smallest absolute Gasteiger partial charge is 0.255 e. The van der Waals surface area contributed by atoms with Crippen molar-refractivity contribution in [1.82, 2.24) is 15.5 Å². The van der Waals surface area contributed by atoms with E-state index in [1.165, 1.54) is 0 Å². The molecule has 2 aromatic carbocycles. The minimum absolute atomic E-state index is 0.0494. The molecule has 7 heteroatoms. The third-order valence-corrected chi connectivity index (χ3v) is 7.29. The fraction of sp³-hybridized carbons (Fsp3) is 0.407. The van der Waals surface area contributed by atoms with Crippen LogP contribution in [0.4, 0.5) is 0 Å². The van der Waals surface area contributed by atoms with Crippen molar-refractivity contribution in [3.05, 3.63) is 70.8 Å². The van der Waals surface area contributed by atoms with Crippen LogP contribution in [0, 0.1) is 5.92 Å². The van der Waals surface area contributed by atoms with Gasteiger partial charge in [0.15, 0.2) is 5.78 Å². The quantitative estimate of drug-likeness (QED) is 0.512. The van der Waals surface area contributed by atoms with Gasteiger partial charge in [-0.2, -0.15) is 0 Å². The largest absolute Gasteiger partial charge is 0.322 e. The van der Waals surface area contributed by atoms with Crippen molar-refractivity contribution < 1.29 is 19.2 Å². The Hall–Kier alpha value is -3.32. The maximum atomic E-state index is 12.9. The van der Waals surface area contributed by atoms with Gasteiger partial charge in [0.1, 0.15) is 6.04 Å². The second kappa shape index (κ2) is 9.50. The Labute approximate surface area is 198 Å². The minimum atomic E-state index is -0.597. The SMILES string of the molecule is O=C1CCC(N2Cc3cc(CN[C@@H]4CCC[C@H](C(=O)c5ccccc5)C4)ccc3C2=O)C(=O)N1. The number of amides is 3. The van der Waals surface area contributed by atoms with Gasteiger partial charge in [-0.25, -0.2) is 0 Å². The van der Waals surface area contributed by atoms with E-state index in [9.17, 15) is 19.2 Å². The van der Waals surface area contributed by atoms with Crippen LogP contribution in [0.5, 0.6) is 0 Å². The van der Waals surface area contributed by atoms with Crippen LogP contribution in [-0.4, -0.2) is 40.5 Å². The Morgan fingerprint density at radius 3 is 2.65 bits per heavy atom. The maximum absolute atomic E-state index is 12.9. The lowest BCUT2D eigenvalue weighted by molar-refractivity contribution is -0.136. The molecule has 7 nitrogen and oxygen atoms in total. The predicted molar refractivity (Wildman–Crippen MR) is 126 cm³/mol. The molecule has 2 N–H and O–H groups in total. The summed E-state index contributed by atoms with van der Waals surface area (Å²) in [7, 11) is 0. The number of hydrogen-bond donors (Lipinski definition) is 2. The summed E-state index contributed by atoms with van der Waals surface area (Å²) in [6, 6.07) is 15.0. The van der Waals surface area contributed by atoms with Gasteiger partial charge in [0.2, 0.25) is 11.8 Å². The molecule has 176 valence electrons. The average molecular weight is 460 g/mol. The van der Waals surface area contributed by atoms with Crippen molar-refractivity contribution in [1.29, 1.82) is 0 Å². The third-order valence-electron chi connectivity index (χ3n) is 7.29. The highest BCUT2D eigenvalue weighted by Gasteiger charge is 2.39. The minimum Gasteiger partial charge on any atom is -0.322 e. The number of imide groups is 1. The molecular formula is C27H29N3O4. The number of Topliss-reactive ketones (excluding diaryl/α,β-unsaturated/α-hetero) is 1. The van der Waals surface area contributed by atoms with Crippen molar-refractivity contribution >= 4 is 23.5 Å². The van der Waals surface area contributed by atoms with Crippen LogP contribution in [0.2, 0.25) is 0 Å². The number of rotatable bonds is 6. The van der Waals surface area contributed by atoms with Crippen LogP contribution in [0.15, 0.2) is 48.5 Å². The summed E-state index contributed by atoms with van der Waals surface area (Å²) >= 11 is 0. The van der Waals surface area contributed by atoms with Gasteiger partial charge in [0.05, 0.1) is 0 Å². The highest BCUT2D eigenvalue weighted by molar-refractivity contribution is 6.05. The summed E-state index contributed by atoms with van der Waals surface area (Å²) < 4.78 is 0. The second-order valence-electron chi connectivity index (χ2n) is 9.56. The van der Waals surface area contributed by atoms with E-state index in [4.69, 9.17) is 0 Å². The van der Waals surface area contributed by atoms with Crippen LogP contribution in [0.3, 0.4) is 0 Å². The molecule has 3 atom stereocenters. The van der Waals surface area contributed by atoms with Gasteiger partial charge in [0.25, 0.3) is 5.91 Å². The van der Waals surface area contributed by atoms with Crippen LogP contribution < -0.4 is 10.6 Å². The lowest BCUT2D eigenvalue weighted by atomic mass is 9.81. The van der Waals surface area contributed by atoms with E-state index in [-0.39, 0.29) is 36.0 Å². The summed E-state index contributed by atoms with van der Waals surface area (Å²) in [5, 5.41) is 5.95. The van der Waals surface area contributed by atoms with Gasteiger partial charge in [-0.3, -0.25) is 24.5 Å². The molecule has 2 fully saturated rings. The summed E-state index contributed by atoms with van der Waals surface area (Å²) in [6.45, 7) is 1.04. The number of ketones is 1. The van der Waals surface area contributed by atoms with Crippen LogP contribution in [0.1, 0.15) is 70.4 Å². The van der Waals surface area contributed by atoms with Crippen molar-refractivity contribution in [2.45, 2.75) is 63.7 Å². The van der Waals surface area contributed by atoms with Crippen LogP contribution in [-0.2, 0) is 22.7 Å². The van der Waals surface area contributed by atoms with E-state index in [2.05, 4.69) is 10.6 Å². The Bertz CT molecular complexity index is 1130. The topological polar surface area (TPSA) is 95.6 Å². The number of carbonyl (C=O) groups is 4. The monoisotopic (exact) mass is 459 g/mol. The zero-order chi connectivity index (χ0) is 23.7. The molecule has 34 heavy (non-hydrogen) atoms. The first kappa shape index (κ1) is 22.5. The lowest BCUT2D eigenvalue weighted by Crippen LogP contribution is -2.52. The summed E-state index contributed by atoms with van der Waals surface area (Å²) in [6.07, 6.45) is 4.46. The van der Waals surface area contributed by atoms with E-state index in [1.54, 1.807) is 4.90 Å². The zero-order valence-corrected chi connectivity index (χ0v) is 19.1. The third kappa shape index (κ3) is 4.53. The van der Waals surface area contributed by atoms with Crippen LogP contribution >= 0.6 is 0 Å². The number of fused-ring (bicyclic) bond motifs is 1. The van der Waals surface area contributed by atoms with E-state index in [0.717, 1.165) is 42.4 Å². The lowest BCUT2D eigenvalue weighted by Gasteiger charge is -2.29. The molecule has 1 saturated heterocycles. The molecule has 2 heterocycles. The van der Waals surface area contributed by atoms with Crippen molar-refractivity contribution in [3.63, 3.8) is 0 Å². The number of piperidine rings is 1. The molecule has 3 aliphatic rings. The summed E-state index contributed by atoms with van der Waals surface area (Å²) in [5.74, 6) is -0.547. The van der Waals surface area contributed by atoms with Gasteiger partial charge in [0, 0.05) is 42.6 Å². The average Bonchev–Trinajstić information content (AvgIpc) is 3.18. The number of nitrogens with zero attached hydrogens (tertiary/aromatic N) is 1. The molecule has 0 radical (unpaired) electrons. The van der Waals surface area contributed by atoms with Crippen LogP contribution in [0.25, 0.3) is 0 Å². The molecule has 2 aliphatic heterocycles. The van der Waals surface area contributed by atoms with Crippen molar-refractivity contribution in [3.8, 4) is 0 Å². The molecule has 0 spiro atoms. The van der Waals surface area contributed by atoms with Gasteiger partial charge in [-0.1, -0.05) is 48.9 Å². The zero-order valence-electron chi connectivity index (χ0n) is 19.1. The highest BCUT2D eigenvalue weighted by atomic mass is 16.2. The van der Waals surface area contributed by atoms with Crippen molar-refractivity contribution in [2.75, 3.05) is 0 Å². The van der Waals surface area contributed by atoms with E-state index in [1.807, 2.05) is 48.5 Å². The summed E-state index contributed by atoms with van der Waals surface area (Å²) in [4.78, 5) is 51.0. The first-order valence-corrected chi connectivity index (χ1v) is 12.1. The van der Waals surface area contributed by atoms with Gasteiger partial charge < -0.3 is 10.2 Å². The molecule has 1 unspecified atom stereocenters. The van der Waals surface area contributed by atoms with Gasteiger partial charge in [-0.15, -0.1) is 0 Å². The summed E-state index contributed by atoms with van der Waals surface area (Å²) in [5.41, 5.74) is 3.40. The molecule has 3 amide bonds.